The van der Waals surface area contributed by atoms with E-state index >= 15 is 0 Å². The third kappa shape index (κ3) is 2.76. The molecule has 0 atom stereocenters. The summed E-state index contributed by atoms with van der Waals surface area (Å²) in [4.78, 5) is 27.8. The van der Waals surface area contributed by atoms with Crippen molar-refractivity contribution in [3.8, 4) is 0 Å². The van der Waals surface area contributed by atoms with Crippen LogP contribution in [-0.2, 0) is 0 Å². The number of carbonyl (C=O) groups excluding carboxylic acids is 1. The number of nitrogens with zero attached hydrogens (tertiary/aromatic N) is 3. The van der Waals surface area contributed by atoms with E-state index in [1.54, 1.807) is 16.6 Å². The average molecular weight is 310 g/mol. The van der Waals surface area contributed by atoms with E-state index in [2.05, 4.69) is 15.4 Å². The van der Waals surface area contributed by atoms with Crippen LogP contribution in [0.2, 0.25) is 0 Å². The van der Waals surface area contributed by atoms with Gasteiger partial charge < -0.3 is 10.4 Å². The molecule has 7 heteroatoms. The van der Waals surface area contributed by atoms with E-state index in [0.717, 1.165) is 11.4 Å². The number of benzene rings is 1. The molecule has 2 aromatic heterocycles. The molecule has 23 heavy (non-hydrogen) atoms. The second-order valence-electron chi connectivity index (χ2n) is 5.17. The normalized spacial score (nSPS) is 10.7. The fourth-order valence-electron chi connectivity index (χ4n) is 2.36. The minimum Gasteiger partial charge on any atom is -0.478 e. The molecule has 0 aliphatic heterocycles. The lowest BCUT2D eigenvalue weighted by Gasteiger charge is -2.06. The maximum atomic E-state index is 12.4. The van der Waals surface area contributed by atoms with Crippen LogP contribution in [0.1, 0.15) is 32.1 Å². The molecule has 116 valence electrons. The smallest absolute Gasteiger partial charge is 0.335 e. The van der Waals surface area contributed by atoms with Gasteiger partial charge in [0.25, 0.3) is 5.91 Å². The molecule has 0 spiro atoms. The molecule has 3 aromatic rings. The van der Waals surface area contributed by atoms with Crippen molar-refractivity contribution >= 4 is 23.2 Å². The third-order valence-corrected chi connectivity index (χ3v) is 3.39. The molecule has 2 N–H and O–H groups in total. The topological polar surface area (TPSA) is 96.6 Å². The van der Waals surface area contributed by atoms with E-state index in [-0.39, 0.29) is 11.5 Å². The summed E-state index contributed by atoms with van der Waals surface area (Å²) in [5.41, 5.74) is 2.97. The van der Waals surface area contributed by atoms with Crippen molar-refractivity contribution in [1.29, 1.82) is 0 Å². The van der Waals surface area contributed by atoms with Crippen molar-refractivity contribution in [2.24, 2.45) is 0 Å². The van der Waals surface area contributed by atoms with Crippen molar-refractivity contribution in [2.75, 3.05) is 5.32 Å². The fourth-order valence-corrected chi connectivity index (χ4v) is 2.36. The zero-order valence-corrected chi connectivity index (χ0v) is 12.6. The van der Waals surface area contributed by atoms with Crippen LogP contribution in [0.3, 0.4) is 0 Å². The van der Waals surface area contributed by atoms with Gasteiger partial charge in [0, 0.05) is 17.1 Å². The van der Waals surface area contributed by atoms with Crippen LogP contribution in [0.15, 0.2) is 36.5 Å². The summed E-state index contributed by atoms with van der Waals surface area (Å²) in [5.74, 6) is -1.44. The second-order valence-corrected chi connectivity index (χ2v) is 5.17. The molecule has 0 radical (unpaired) electrons. The summed E-state index contributed by atoms with van der Waals surface area (Å²) >= 11 is 0. The fraction of sp³-hybridized carbons (Fsp3) is 0.125. The highest BCUT2D eigenvalue weighted by atomic mass is 16.4. The number of aromatic carboxylic acids is 1. The predicted molar refractivity (Wildman–Crippen MR) is 83.8 cm³/mol. The van der Waals surface area contributed by atoms with Crippen molar-refractivity contribution < 1.29 is 14.7 Å². The quantitative estimate of drug-likeness (QED) is 0.773. The van der Waals surface area contributed by atoms with E-state index in [4.69, 9.17) is 5.11 Å². The van der Waals surface area contributed by atoms with Gasteiger partial charge in [-0.15, -0.1) is 0 Å². The first-order valence-corrected chi connectivity index (χ1v) is 6.92. The Labute approximate surface area is 131 Å². The van der Waals surface area contributed by atoms with Crippen LogP contribution in [-0.4, -0.2) is 31.6 Å². The van der Waals surface area contributed by atoms with Gasteiger partial charge in [-0.3, -0.25) is 4.79 Å². The average Bonchev–Trinajstić information content (AvgIpc) is 2.91. The lowest BCUT2D eigenvalue weighted by molar-refractivity contribution is 0.0696. The van der Waals surface area contributed by atoms with Crippen molar-refractivity contribution in [3.05, 3.63) is 59.0 Å². The molecule has 0 aliphatic carbocycles. The molecule has 2 heterocycles. The third-order valence-electron chi connectivity index (χ3n) is 3.39. The largest absolute Gasteiger partial charge is 0.478 e. The number of aromatic nitrogens is 3. The highest BCUT2D eigenvalue weighted by Crippen LogP contribution is 2.16. The minimum atomic E-state index is -1.05. The van der Waals surface area contributed by atoms with Crippen LogP contribution in [0.5, 0.6) is 0 Å². The number of fused-ring (bicyclic) bond motifs is 1. The van der Waals surface area contributed by atoms with Crippen LogP contribution in [0.4, 0.5) is 5.69 Å². The molecule has 0 saturated carbocycles. The first-order valence-electron chi connectivity index (χ1n) is 6.92. The van der Waals surface area contributed by atoms with Gasteiger partial charge in [0.1, 0.15) is 5.56 Å². The van der Waals surface area contributed by atoms with Crippen molar-refractivity contribution in [2.45, 2.75) is 13.8 Å². The van der Waals surface area contributed by atoms with Crippen molar-refractivity contribution in [3.63, 3.8) is 0 Å². The molecular weight excluding hydrogens is 296 g/mol. The minimum absolute atomic E-state index is 0.104. The Morgan fingerprint density at radius 3 is 2.74 bits per heavy atom. The summed E-state index contributed by atoms with van der Waals surface area (Å²) in [5, 5.41) is 15.8. The first-order chi connectivity index (χ1) is 11.0. The molecule has 0 bridgehead atoms. The van der Waals surface area contributed by atoms with Gasteiger partial charge in [-0.2, -0.15) is 5.10 Å². The van der Waals surface area contributed by atoms with Gasteiger partial charge in [0.15, 0.2) is 5.65 Å². The number of amides is 1. The number of hydrogen-bond donors (Lipinski definition) is 2. The first kappa shape index (κ1) is 14.7. The van der Waals surface area contributed by atoms with Crippen molar-refractivity contribution in [1.82, 2.24) is 14.6 Å². The standard InChI is InChI=1S/C16H14N4O3/c1-9-6-10(2)20-14(18-9)13(8-17-20)15(21)19-12-5-3-4-11(7-12)16(22)23/h3-8H,1-2H3,(H,19,21)(H,22,23). The maximum absolute atomic E-state index is 12.4. The zero-order chi connectivity index (χ0) is 16.6. The SMILES string of the molecule is Cc1cc(C)n2ncc(C(=O)Nc3cccc(C(=O)O)c3)c2n1. The van der Waals surface area contributed by atoms with Crippen LogP contribution in [0, 0.1) is 13.8 Å². The zero-order valence-electron chi connectivity index (χ0n) is 12.6. The van der Waals surface area contributed by atoms with Gasteiger partial charge in [-0.05, 0) is 38.1 Å². The Hall–Kier alpha value is -3.22. The van der Waals surface area contributed by atoms with E-state index in [9.17, 15) is 9.59 Å². The Morgan fingerprint density at radius 2 is 2.00 bits per heavy atom. The van der Waals surface area contributed by atoms with E-state index in [1.807, 2.05) is 19.9 Å². The van der Waals surface area contributed by atoms with Gasteiger partial charge >= 0.3 is 5.97 Å². The Balaban J connectivity index is 1.95. The van der Waals surface area contributed by atoms with Crippen LogP contribution >= 0.6 is 0 Å². The number of carboxylic acid groups (broad SMARTS) is 1. The second kappa shape index (κ2) is 5.53. The molecule has 3 rings (SSSR count). The number of carboxylic acids is 1. The molecule has 1 amide bonds. The number of hydrogen-bond acceptors (Lipinski definition) is 4. The van der Waals surface area contributed by atoms with Gasteiger partial charge in [0.05, 0.1) is 11.8 Å². The molecule has 0 unspecified atom stereocenters. The van der Waals surface area contributed by atoms with Crippen LogP contribution in [0.25, 0.3) is 5.65 Å². The summed E-state index contributed by atoms with van der Waals surface area (Å²) in [6.45, 7) is 3.73. The predicted octanol–water partition coefficient (Wildman–Crippen LogP) is 2.30. The molecule has 0 saturated heterocycles. The number of aryl methyl sites for hydroxylation is 2. The lowest BCUT2D eigenvalue weighted by Crippen LogP contribution is -2.13. The molecular formula is C16H14N4O3. The number of anilines is 1. The van der Waals surface area contributed by atoms with Gasteiger partial charge in [-0.1, -0.05) is 6.07 Å². The Bertz CT molecular complexity index is 930. The molecule has 7 nitrogen and oxygen atoms in total. The molecule has 1 aromatic carbocycles. The summed E-state index contributed by atoms with van der Waals surface area (Å²) in [7, 11) is 0. The Kier molecular flexibility index (Phi) is 3.53. The lowest BCUT2D eigenvalue weighted by atomic mass is 10.2. The summed E-state index contributed by atoms with van der Waals surface area (Å²) < 4.78 is 1.59. The summed E-state index contributed by atoms with van der Waals surface area (Å²) in [6.07, 6.45) is 1.45. The highest BCUT2D eigenvalue weighted by Gasteiger charge is 2.16. The molecule has 0 aliphatic rings. The van der Waals surface area contributed by atoms with Crippen LogP contribution < -0.4 is 5.32 Å². The summed E-state index contributed by atoms with van der Waals surface area (Å²) in [6, 6.07) is 7.93. The van der Waals surface area contributed by atoms with E-state index < -0.39 is 5.97 Å². The van der Waals surface area contributed by atoms with Gasteiger partial charge in [0.2, 0.25) is 0 Å². The highest BCUT2D eigenvalue weighted by molar-refractivity contribution is 6.08. The monoisotopic (exact) mass is 310 g/mol. The van der Waals surface area contributed by atoms with E-state index in [0.29, 0.717) is 16.9 Å². The number of rotatable bonds is 3. The van der Waals surface area contributed by atoms with Gasteiger partial charge in [-0.25, -0.2) is 14.3 Å². The maximum Gasteiger partial charge on any atom is 0.335 e. The number of nitrogens with one attached hydrogen (secondary N) is 1. The van der Waals surface area contributed by atoms with E-state index in [1.165, 1.54) is 18.3 Å². The number of carbonyl (C=O) groups is 2. The Morgan fingerprint density at radius 1 is 1.22 bits per heavy atom. The molecule has 0 fully saturated rings.